The highest BCUT2D eigenvalue weighted by Gasteiger charge is 2.03. The number of carbonyl (C=O) groups excluding carboxylic acids is 1. The van der Waals surface area contributed by atoms with Crippen molar-refractivity contribution in [1.82, 2.24) is 5.32 Å². The van der Waals surface area contributed by atoms with E-state index in [1.807, 2.05) is 30.5 Å². The summed E-state index contributed by atoms with van der Waals surface area (Å²) in [7, 11) is 0. The van der Waals surface area contributed by atoms with Crippen molar-refractivity contribution in [1.29, 1.82) is 0 Å². The van der Waals surface area contributed by atoms with Gasteiger partial charge in [-0.05, 0) is 17.4 Å². The molecule has 1 aromatic rings. The van der Waals surface area contributed by atoms with E-state index >= 15 is 0 Å². The molecule has 0 fully saturated rings. The molecule has 16 heavy (non-hydrogen) atoms. The number of benzene rings is 1. The fourth-order valence-electron chi connectivity index (χ4n) is 1.41. The van der Waals surface area contributed by atoms with E-state index in [1.54, 1.807) is 11.8 Å². The second kappa shape index (κ2) is 7.30. The summed E-state index contributed by atoms with van der Waals surface area (Å²) in [6, 6.07) is 7.91. The molecule has 0 aromatic heterocycles. The third kappa shape index (κ3) is 4.24. The molecule has 88 valence electrons. The third-order valence-corrected chi connectivity index (χ3v) is 2.96. The van der Waals surface area contributed by atoms with Gasteiger partial charge in [-0.2, -0.15) is 11.8 Å². The van der Waals surface area contributed by atoms with Gasteiger partial charge in [0, 0.05) is 25.3 Å². The van der Waals surface area contributed by atoms with Gasteiger partial charge in [0.2, 0.25) is 5.91 Å². The molecule has 3 nitrogen and oxygen atoms in total. The predicted octanol–water partition coefficient (Wildman–Crippen LogP) is 1.51. The van der Waals surface area contributed by atoms with E-state index < -0.39 is 0 Å². The number of nitrogens with one attached hydrogen (secondary N) is 1. The Bertz CT molecular complexity index is 342. The normalized spacial score (nSPS) is 10.1. The molecule has 0 spiro atoms. The van der Waals surface area contributed by atoms with Crippen LogP contribution >= 0.6 is 11.8 Å². The Kier molecular flexibility index (Phi) is 5.96. The van der Waals surface area contributed by atoms with Crippen molar-refractivity contribution in [3.05, 3.63) is 35.4 Å². The SMILES string of the molecule is CSCCC(=O)NCc1ccccc1CN. The fraction of sp³-hybridized carbons (Fsp3) is 0.417. The van der Waals surface area contributed by atoms with E-state index in [1.165, 1.54) is 0 Å². The summed E-state index contributed by atoms with van der Waals surface area (Å²) < 4.78 is 0. The maximum Gasteiger partial charge on any atom is 0.221 e. The number of hydrogen-bond acceptors (Lipinski definition) is 3. The average Bonchev–Trinajstić information content (AvgIpc) is 2.34. The van der Waals surface area contributed by atoms with E-state index in [-0.39, 0.29) is 5.91 Å². The lowest BCUT2D eigenvalue weighted by Crippen LogP contribution is -2.23. The van der Waals surface area contributed by atoms with Gasteiger partial charge in [-0.3, -0.25) is 4.79 Å². The Balaban J connectivity index is 2.44. The van der Waals surface area contributed by atoms with Gasteiger partial charge >= 0.3 is 0 Å². The van der Waals surface area contributed by atoms with Crippen molar-refractivity contribution >= 4 is 17.7 Å². The quantitative estimate of drug-likeness (QED) is 0.790. The number of hydrogen-bond donors (Lipinski definition) is 2. The van der Waals surface area contributed by atoms with E-state index in [0.29, 0.717) is 19.5 Å². The second-order valence-electron chi connectivity index (χ2n) is 3.49. The minimum absolute atomic E-state index is 0.0983. The van der Waals surface area contributed by atoms with E-state index in [0.717, 1.165) is 16.9 Å². The number of carbonyl (C=O) groups is 1. The molecule has 0 aliphatic heterocycles. The van der Waals surface area contributed by atoms with Crippen molar-refractivity contribution in [2.45, 2.75) is 19.5 Å². The van der Waals surface area contributed by atoms with Gasteiger partial charge in [0.25, 0.3) is 0 Å². The summed E-state index contributed by atoms with van der Waals surface area (Å²) in [6.45, 7) is 1.08. The molecular weight excluding hydrogens is 220 g/mol. The van der Waals surface area contributed by atoms with Crippen LogP contribution in [0.2, 0.25) is 0 Å². The van der Waals surface area contributed by atoms with Gasteiger partial charge in [-0.15, -0.1) is 0 Å². The van der Waals surface area contributed by atoms with Gasteiger partial charge < -0.3 is 11.1 Å². The molecule has 0 aliphatic carbocycles. The van der Waals surface area contributed by atoms with Crippen LogP contribution in [0.5, 0.6) is 0 Å². The van der Waals surface area contributed by atoms with Crippen molar-refractivity contribution < 1.29 is 4.79 Å². The second-order valence-corrected chi connectivity index (χ2v) is 4.48. The van der Waals surface area contributed by atoms with Crippen LogP contribution in [-0.2, 0) is 17.9 Å². The first-order valence-electron chi connectivity index (χ1n) is 5.30. The van der Waals surface area contributed by atoms with Gasteiger partial charge in [0.05, 0.1) is 0 Å². The van der Waals surface area contributed by atoms with E-state index in [4.69, 9.17) is 5.73 Å². The summed E-state index contributed by atoms with van der Waals surface area (Å²) in [6.07, 6.45) is 2.57. The lowest BCUT2D eigenvalue weighted by atomic mass is 10.1. The van der Waals surface area contributed by atoms with Crippen LogP contribution in [0.1, 0.15) is 17.5 Å². The zero-order valence-electron chi connectivity index (χ0n) is 9.53. The van der Waals surface area contributed by atoms with Gasteiger partial charge in [0.15, 0.2) is 0 Å². The molecule has 0 heterocycles. The van der Waals surface area contributed by atoms with Crippen molar-refractivity contribution in [2.75, 3.05) is 12.0 Å². The Morgan fingerprint density at radius 2 is 2.06 bits per heavy atom. The number of amides is 1. The molecule has 1 aromatic carbocycles. The smallest absolute Gasteiger partial charge is 0.221 e. The molecule has 0 bridgehead atoms. The fourth-order valence-corrected chi connectivity index (χ4v) is 1.80. The number of rotatable bonds is 6. The maximum absolute atomic E-state index is 11.4. The standard InChI is InChI=1S/C12H18N2OS/c1-16-7-6-12(15)14-9-11-5-3-2-4-10(11)8-13/h2-5H,6-9,13H2,1H3,(H,14,15). The van der Waals surface area contributed by atoms with Crippen LogP contribution < -0.4 is 11.1 Å². The molecule has 0 atom stereocenters. The Labute approximate surface area is 101 Å². The lowest BCUT2D eigenvalue weighted by molar-refractivity contribution is -0.120. The van der Waals surface area contributed by atoms with Crippen LogP contribution in [0.3, 0.4) is 0 Å². The molecule has 0 saturated carbocycles. The minimum Gasteiger partial charge on any atom is -0.352 e. The van der Waals surface area contributed by atoms with Crippen LogP contribution in [-0.4, -0.2) is 17.9 Å². The molecule has 0 aliphatic rings. The Hall–Kier alpha value is -1.00. The summed E-state index contributed by atoms with van der Waals surface area (Å²) in [4.78, 5) is 11.4. The van der Waals surface area contributed by atoms with Crippen molar-refractivity contribution in [2.24, 2.45) is 5.73 Å². The first kappa shape index (κ1) is 13.1. The summed E-state index contributed by atoms with van der Waals surface area (Å²) in [5.41, 5.74) is 7.81. The molecular formula is C12H18N2OS. The lowest BCUT2D eigenvalue weighted by Gasteiger charge is -2.08. The van der Waals surface area contributed by atoms with Gasteiger partial charge in [-0.25, -0.2) is 0 Å². The molecule has 4 heteroatoms. The minimum atomic E-state index is 0.0983. The largest absolute Gasteiger partial charge is 0.352 e. The van der Waals surface area contributed by atoms with Gasteiger partial charge in [0.1, 0.15) is 0 Å². The Morgan fingerprint density at radius 3 is 2.69 bits per heavy atom. The van der Waals surface area contributed by atoms with Crippen LogP contribution in [0.25, 0.3) is 0 Å². The maximum atomic E-state index is 11.4. The zero-order valence-corrected chi connectivity index (χ0v) is 10.3. The van der Waals surface area contributed by atoms with Crippen molar-refractivity contribution in [3.63, 3.8) is 0 Å². The van der Waals surface area contributed by atoms with Crippen LogP contribution in [0.15, 0.2) is 24.3 Å². The highest BCUT2D eigenvalue weighted by molar-refractivity contribution is 7.98. The number of nitrogens with two attached hydrogens (primary N) is 1. The van der Waals surface area contributed by atoms with Gasteiger partial charge in [-0.1, -0.05) is 24.3 Å². The molecule has 1 amide bonds. The first-order valence-corrected chi connectivity index (χ1v) is 6.69. The predicted molar refractivity (Wildman–Crippen MR) is 69.2 cm³/mol. The third-order valence-electron chi connectivity index (χ3n) is 2.35. The molecule has 1 rings (SSSR count). The van der Waals surface area contributed by atoms with E-state index in [9.17, 15) is 4.79 Å². The van der Waals surface area contributed by atoms with Crippen LogP contribution in [0.4, 0.5) is 0 Å². The average molecular weight is 238 g/mol. The van der Waals surface area contributed by atoms with Crippen LogP contribution in [0, 0.1) is 0 Å². The molecule has 0 radical (unpaired) electrons. The summed E-state index contributed by atoms with van der Waals surface area (Å²) in [5.74, 6) is 0.964. The highest BCUT2D eigenvalue weighted by Crippen LogP contribution is 2.07. The zero-order chi connectivity index (χ0) is 11.8. The Morgan fingerprint density at radius 1 is 1.38 bits per heavy atom. The van der Waals surface area contributed by atoms with Crippen molar-refractivity contribution in [3.8, 4) is 0 Å². The molecule has 0 saturated heterocycles. The van der Waals surface area contributed by atoms with E-state index in [2.05, 4.69) is 5.32 Å². The molecule has 0 unspecified atom stereocenters. The number of thioether (sulfide) groups is 1. The molecule has 3 N–H and O–H groups in total. The topological polar surface area (TPSA) is 55.1 Å². The highest BCUT2D eigenvalue weighted by atomic mass is 32.2. The first-order chi connectivity index (χ1) is 7.77. The summed E-state index contributed by atoms with van der Waals surface area (Å²) in [5, 5.41) is 2.90. The monoisotopic (exact) mass is 238 g/mol. The summed E-state index contributed by atoms with van der Waals surface area (Å²) >= 11 is 1.68.